The van der Waals surface area contributed by atoms with Crippen molar-refractivity contribution in [3.05, 3.63) is 399 Å². The van der Waals surface area contributed by atoms with E-state index in [2.05, 4.69) is 283 Å². The number of para-hydroxylation sites is 2. The molecule has 2 radical (unpaired) electrons. The first-order valence-electron chi connectivity index (χ1n) is 35.2. The van der Waals surface area contributed by atoms with E-state index in [0.29, 0.717) is 5.56 Å². The predicted octanol–water partition coefficient (Wildman–Crippen LogP) is 26.7. The average Bonchev–Trinajstić information content (AvgIpc) is 0.805. The van der Waals surface area contributed by atoms with Gasteiger partial charge in [-0.1, -0.05) is 320 Å². The van der Waals surface area contributed by atoms with Crippen molar-refractivity contribution in [1.29, 1.82) is 5.26 Å². The summed E-state index contributed by atoms with van der Waals surface area (Å²) in [5.74, 6) is 3.15. The Bertz CT molecular complexity index is 5900. The summed E-state index contributed by atoms with van der Waals surface area (Å²) in [5.41, 5.74) is 25.2. The lowest BCUT2D eigenvalue weighted by Crippen LogP contribution is -2.11. The molecule has 0 aliphatic heterocycles. The molecule has 15 aromatic carbocycles. The normalized spacial score (nSPS) is 10.4. The number of aromatic nitrogens is 2. The van der Waals surface area contributed by atoms with E-state index in [1.54, 1.807) is 0 Å². The first-order valence-corrected chi connectivity index (χ1v) is 37.1. The van der Waals surface area contributed by atoms with Crippen molar-refractivity contribution >= 4 is 64.4 Å². The van der Waals surface area contributed by atoms with Gasteiger partial charge in [0.25, 0.3) is 0 Å². The number of hydrogen-bond acceptors (Lipinski definition) is 7. The molecule has 17 rings (SSSR count). The van der Waals surface area contributed by atoms with Gasteiger partial charge in [0, 0.05) is 22.2 Å². The van der Waals surface area contributed by atoms with Gasteiger partial charge in [0.15, 0.2) is 0 Å². The van der Waals surface area contributed by atoms with E-state index in [0.717, 1.165) is 101 Å². The van der Waals surface area contributed by atoms with Crippen LogP contribution >= 0.6 is 0 Å². The largest absolute Gasteiger partial charge is 0.881 e. The van der Waals surface area contributed by atoms with Crippen LogP contribution in [0.5, 0.6) is 23.0 Å². The van der Waals surface area contributed by atoms with Crippen LogP contribution in [0.25, 0.3) is 133 Å². The molecule has 526 valence electrons. The zero-order chi connectivity index (χ0) is 71.8. The number of nitriles is 1. The van der Waals surface area contributed by atoms with Crippen LogP contribution in [0.1, 0.15) is 39.2 Å². The lowest BCUT2D eigenvalue weighted by molar-refractivity contribution is 0.461. The molecule has 0 spiro atoms. The molecule has 0 atom stereocenters. The second-order valence-corrected chi connectivity index (χ2v) is 27.1. The summed E-state index contributed by atoms with van der Waals surface area (Å²) in [5, 5.41) is 14.4. The zero-order valence-electron chi connectivity index (χ0n) is 58.5. The van der Waals surface area contributed by atoms with E-state index in [1.165, 1.54) is 66.6 Å². The van der Waals surface area contributed by atoms with Gasteiger partial charge in [0.2, 0.25) is 0 Å². The molecule has 7 nitrogen and oxygen atoms in total. The molecular weight excluding hydrogens is 1360 g/mol. The number of pyridine rings is 2. The van der Waals surface area contributed by atoms with Crippen molar-refractivity contribution in [2.45, 2.75) is 36.1 Å². The number of benzene rings is 15. The molecule has 0 saturated heterocycles. The average molecular weight is 1440 g/mol. The van der Waals surface area contributed by atoms with Crippen LogP contribution in [0, 0.1) is 25.2 Å². The highest BCUT2D eigenvalue weighted by atomic mass is 27.2. The van der Waals surface area contributed by atoms with Gasteiger partial charge in [0.1, 0.15) is 22.5 Å². The highest BCUT2D eigenvalue weighted by Gasteiger charge is 2.15. The predicted molar refractivity (Wildman–Crippen MR) is 458 cm³/mol. The molecule has 2 aromatic heterocycles. The van der Waals surface area contributed by atoms with Crippen molar-refractivity contribution in [2.24, 2.45) is 0 Å². The number of rotatable bonds is 17. The van der Waals surface area contributed by atoms with Crippen molar-refractivity contribution < 1.29 is 15.2 Å². The van der Waals surface area contributed by atoms with Crippen molar-refractivity contribution in [3.8, 4) is 129 Å². The van der Waals surface area contributed by atoms with Crippen LogP contribution in [0.4, 0.5) is 0 Å². The monoisotopic (exact) mass is 1440 g/mol. The summed E-state index contributed by atoms with van der Waals surface area (Å²) in [4.78, 5) is 9.19. The summed E-state index contributed by atoms with van der Waals surface area (Å²) in [6.45, 7) is 3.96. The maximum Gasteiger partial charge on any atom is 0.881 e. The van der Waals surface area contributed by atoms with Crippen molar-refractivity contribution in [1.82, 2.24) is 9.97 Å². The van der Waals surface area contributed by atoms with Gasteiger partial charge >= 0.3 is 31.8 Å². The van der Waals surface area contributed by atoms with Gasteiger partial charge in [0.05, 0.1) is 23.1 Å². The van der Waals surface area contributed by atoms with Crippen LogP contribution in [0.3, 0.4) is 0 Å². The molecule has 17 aromatic rings. The lowest BCUT2D eigenvalue weighted by atomic mass is 9.93. The molecule has 0 fully saturated rings. The molecule has 2 heterocycles. The van der Waals surface area contributed by atoms with Gasteiger partial charge in [-0.3, -0.25) is 0 Å². The van der Waals surface area contributed by atoms with Crippen molar-refractivity contribution in [3.63, 3.8) is 0 Å². The first-order chi connectivity index (χ1) is 52.2. The van der Waals surface area contributed by atoms with E-state index in [-0.39, 0.29) is 22.3 Å². The minimum atomic E-state index is -0.694. The Labute approximate surface area is 654 Å². The first kappa shape index (κ1) is 75.8. The van der Waals surface area contributed by atoms with E-state index >= 15 is 0 Å². The molecule has 0 saturated carbocycles. The lowest BCUT2D eigenvalue weighted by Gasteiger charge is -2.11. The van der Waals surface area contributed by atoms with E-state index in [9.17, 15) is 5.26 Å². The van der Waals surface area contributed by atoms with Gasteiger partial charge in [-0.2, -0.15) is 5.26 Å². The molecule has 0 aliphatic rings. The van der Waals surface area contributed by atoms with Gasteiger partial charge in [-0.15, -0.1) is 0 Å². The number of nitrogens with zero attached hydrogens (tertiary/aromatic N) is 3. The standard InChI is InChI=1S/C49H33N.C16H12O.C12H10O.2C10H9NO.3CH4.2Al/c50-34-35-29-48(33-49(30-35)47-16-8-15-46(32-47)41-23-19-39(20-24-41)37-11-5-2-6-12-37)43-27-25-42(26-28-43)45-14-7-13-44(31-45)40-21-17-38(18-22-40)36-9-3-1-4-10-36;17-16-9-8-14-10-13(6-7-15(14)11-16)12-4-2-1-3-5-12;13-12-8-6-11(7-9-12)10-4-2-1-3-5-10;2*1-7-5-6-8-3-2-4-9(12)10(8)11-7;;;;;/h1-33H;1-11,17H;1-9,13H;2*2-6,12H,1H3;3*1H4;;/q;;;;;;;;2*+2/p-4. The second-order valence-electron chi connectivity index (χ2n) is 25.7. The molecule has 0 N–H and O–H groups in total. The van der Waals surface area contributed by atoms with Crippen LogP contribution in [0.2, 0.25) is 0 Å². The number of aryl methyl sites for hydroxylation is 2. The topological polar surface area (TPSA) is 86.5 Å². The van der Waals surface area contributed by atoms with Gasteiger partial charge < -0.3 is 15.2 Å². The Morgan fingerprint density at radius 3 is 0.927 bits per heavy atom. The highest BCUT2D eigenvalue weighted by molar-refractivity contribution is 6.22. The summed E-state index contributed by atoms with van der Waals surface area (Å²) in [6, 6.07) is 134. The minimum Gasteiger partial charge on any atom is -0.616 e. The number of hydrogen-bond donors (Lipinski definition) is 0. The van der Waals surface area contributed by atoms with Crippen LogP contribution < -0.4 is 15.2 Å². The summed E-state index contributed by atoms with van der Waals surface area (Å²) < 4.78 is 23.6. The summed E-state index contributed by atoms with van der Waals surface area (Å²) in [7, 11) is 0. The maximum absolute atomic E-state index is 9.97. The molecular formula is C100H81Al2N3O4. The van der Waals surface area contributed by atoms with E-state index in [4.69, 9.17) is 15.2 Å². The SMILES string of the molecule is C.C.C.Cc1ccc2cccc([O][Al][O]c3ccc(-c4ccccc4)cc3)c2n1.Cc1ccc2cccc([O][Al][O]c3ccc4cc(-c5ccccc5)ccc4c3)c2n1.N#Cc1cc(-c2ccc(-c3cccc(-c4ccc(-c5ccccc5)cc4)c3)cc2)cc(-c2cccc(-c3ccc(-c4ccccc4)cc3)c2)c1. The molecule has 109 heavy (non-hydrogen) atoms. The highest BCUT2D eigenvalue weighted by Crippen LogP contribution is 2.36. The van der Waals surface area contributed by atoms with Crippen LogP contribution in [0.15, 0.2) is 382 Å². The minimum absolute atomic E-state index is 0. The van der Waals surface area contributed by atoms with Gasteiger partial charge in [-0.25, -0.2) is 9.97 Å². The van der Waals surface area contributed by atoms with Crippen LogP contribution in [-0.4, -0.2) is 41.7 Å². The maximum atomic E-state index is 9.97. The second kappa shape index (κ2) is 36.4. The van der Waals surface area contributed by atoms with Crippen molar-refractivity contribution in [2.75, 3.05) is 0 Å². The third-order valence-corrected chi connectivity index (χ3v) is 20.0. The molecule has 0 unspecified atom stereocenters. The zero-order valence-corrected chi connectivity index (χ0v) is 60.8. The van der Waals surface area contributed by atoms with E-state index < -0.39 is 31.8 Å². The van der Waals surface area contributed by atoms with Crippen LogP contribution in [-0.2, 0) is 0 Å². The Kier molecular flexibility index (Phi) is 25.3. The Morgan fingerprint density at radius 2 is 0.505 bits per heavy atom. The summed E-state index contributed by atoms with van der Waals surface area (Å²) >= 11 is -1.36. The molecule has 0 bridgehead atoms. The fraction of sp³-hybridized carbons (Fsp3) is 0.0500. The summed E-state index contributed by atoms with van der Waals surface area (Å²) in [6.07, 6.45) is 0. The molecule has 0 amide bonds. The molecule has 0 aliphatic carbocycles. The van der Waals surface area contributed by atoms with E-state index in [1.807, 2.05) is 129 Å². The third-order valence-electron chi connectivity index (χ3n) is 18.6. The quantitative estimate of drug-likeness (QED) is 0.0840. The smallest absolute Gasteiger partial charge is 0.616 e. The number of fused-ring (bicyclic) bond motifs is 3. The molecule has 9 heteroatoms. The van der Waals surface area contributed by atoms with Gasteiger partial charge in [-0.05, 0) is 210 Å². The Hall–Kier alpha value is -12.9. The Balaban J connectivity index is 0.000000161. The Morgan fingerprint density at radius 1 is 0.229 bits per heavy atom. The fourth-order valence-electron chi connectivity index (χ4n) is 13.0. The third kappa shape index (κ3) is 18.9. The fourth-order valence-corrected chi connectivity index (χ4v) is 14.2.